The van der Waals surface area contributed by atoms with E-state index in [1.54, 1.807) is 37.3 Å². The molecule has 1 aromatic rings. The molecule has 4 nitrogen and oxygen atoms in total. The quantitative estimate of drug-likeness (QED) is 0.657. The van der Waals surface area contributed by atoms with Crippen LogP contribution in [0.25, 0.3) is 0 Å². The van der Waals surface area contributed by atoms with Crippen molar-refractivity contribution in [2.45, 2.75) is 12.5 Å². The highest BCUT2D eigenvalue weighted by Gasteiger charge is 2.31. The van der Waals surface area contributed by atoms with Crippen LogP contribution >= 0.6 is 12.4 Å². The maximum Gasteiger partial charge on any atom is 0.330 e. The summed E-state index contributed by atoms with van der Waals surface area (Å²) in [7, 11) is 1.31. The number of hydrogen-bond donors (Lipinski definition) is 1. The molecule has 0 aliphatic carbocycles. The van der Waals surface area contributed by atoms with E-state index in [4.69, 9.17) is 10.5 Å². The Balaban J connectivity index is 0.00000289. The smallest absolute Gasteiger partial charge is 0.330 e. The van der Waals surface area contributed by atoms with Crippen LogP contribution in [-0.4, -0.2) is 19.7 Å². The molecule has 1 aromatic carbocycles. The van der Waals surface area contributed by atoms with Crippen molar-refractivity contribution >= 4 is 18.4 Å². The van der Waals surface area contributed by atoms with E-state index in [-0.39, 0.29) is 12.4 Å². The molecular weight excluding hydrogens is 254 g/mol. The number of ether oxygens (including phenoxy) is 2. The summed E-state index contributed by atoms with van der Waals surface area (Å²) in [6.45, 7) is 5.61. The van der Waals surface area contributed by atoms with E-state index >= 15 is 0 Å². The molecule has 100 valence electrons. The molecule has 0 saturated heterocycles. The molecule has 0 heterocycles. The van der Waals surface area contributed by atoms with Gasteiger partial charge in [0.1, 0.15) is 17.9 Å². The van der Waals surface area contributed by atoms with Crippen molar-refractivity contribution in [3.05, 3.63) is 42.5 Å². The van der Waals surface area contributed by atoms with E-state index < -0.39 is 11.5 Å². The van der Waals surface area contributed by atoms with E-state index in [1.165, 1.54) is 7.11 Å². The Morgan fingerprint density at radius 2 is 2.00 bits per heavy atom. The first-order chi connectivity index (χ1) is 8.02. The number of carbonyl (C=O) groups is 1. The second kappa shape index (κ2) is 7.03. The number of halogens is 1. The maximum absolute atomic E-state index is 11.5. The second-order valence-electron chi connectivity index (χ2n) is 3.82. The number of rotatable bonds is 5. The molecule has 0 radical (unpaired) electrons. The molecule has 0 aliphatic rings. The van der Waals surface area contributed by atoms with Gasteiger partial charge in [-0.3, -0.25) is 0 Å². The predicted octanol–water partition coefficient (Wildman–Crippen LogP) is 2.02. The van der Waals surface area contributed by atoms with E-state index in [0.717, 1.165) is 0 Å². The van der Waals surface area contributed by atoms with Gasteiger partial charge in [-0.15, -0.1) is 12.4 Å². The highest BCUT2D eigenvalue weighted by Crippen LogP contribution is 2.22. The molecule has 0 bridgehead atoms. The molecule has 2 N–H and O–H groups in total. The predicted molar refractivity (Wildman–Crippen MR) is 72.9 cm³/mol. The number of methoxy groups -OCH3 is 1. The van der Waals surface area contributed by atoms with Crippen LogP contribution in [0.5, 0.6) is 5.75 Å². The standard InChI is InChI=1S/C13H17NO3.ClH/c1-4-9-17-11-7-5-10(6-8-11)13(2,14)12(15)16-3;/h4-8H,1,9,14H2,2-3H3;1H/t13-;/m0./s1. The summed E-state index contributed by atoms with van der Waals surface area (Å²) in [6, 6.07) is 7.00. The lowest BCUT2D eigenvalue weighted by molar-refractivity contribution is -0.146. The lowest BCUT2D eigenvalue weighted by Crippen LogP contribution is -2.42. The minimum atomic E-state index is -1.15. The lowest BCUT2D eigenvalue weighted by Gasteiger charge is -2.22. The van der Waals surface area contributed by atoms with Crippen molar-refractivity contribution in [1.29, 1.82) is 0 Å². The van der Waals surface area contributed by atoms with Gasteiger partial charge in [0.15, 0.2) is 0 Å². The number of benzene rings is 1. The van der Waals surface area contributed by atoms with E-state index in [0.29, 0.717) is 17.9 Å². The fourth-order valence-electron chi connectivity index (χ4n) is 1.38. The van der Waals surface area contributed by atoms with Crippen LogP contribution in [-0.2, 0) is 15.1 Å². The SMILES string of the molecule is C=CCOc1ccc([C@](C)(N)C(=O)OC)cc1.Cl. The Morgan fingerprint density at radius 3 is 2.44 bits per heavy atom. The largest absolute Gasteiger partial charge is 0.490 e. The summed E-state index contributed by atoms with van der Waals surface area (Å²) in [5, 5.41) is 0. The average Bonchev–Trinajstić information content (AvgIpc) is 2.35. The van der Waals surface area contributed by atoms with Crippen LogP contribution in [0.1, 0.15) is 12.5 Å². The molecule has 1 atom stereocenters. The van der Waals surface area contributed by atoms with Crippen LogP contribution in [0.15, 0.2) is 36.9 Å². The molecule has 5 heteroatoms. The van der Waals surface area contributed by atoms with Gasteiger partial charge in [0.2, 0.25) is 0 Å². The van der Waals surface area contributed by atoms with Gasteiger partial charge in [0, 0.05) is 0 Å². The van der Waals surface area contributed by atoms with Gasteiger partial charge in [-0.05, 0) is 24.6 Å². The van der Waals surface area contributed by atoms with Crippen molar-refractivity contribution in [1.82, 2.24) is 0 Å². The highest BCUT2D eigenvalue weighted by molar-refractivity contribution is 5.85. The summed E-state index contributed by atoms with van der Waals surface area (Å²) in [6.07, 6.45) is 1.66. The summed E-state index contributed by atoms with van der Waals surface area (Å²) >= 11 is 0. The first-order valence-electron chi connectivity index (χ1n) is 5.24. The van der Waals surface area contributed by atoms with E-state index in [2.05, 4.69) is 11.3 Å². The fourth-order valence-corrected chi connectivity index (χ4v) is 1.38. The molecule has 0 aromatic heterocycles. The molecule has 0 aliphatic heterocycles. The summed E-state index contributed by atoms with van der Waals surface area (Å²) < 4.78 is 9.99. The minimum Gasteiger partial charge on any atom is -0.490 e. The van der Waals surface area contributed by atoms with E-state index in [1.807, 2.05) is 0 Å². The molecule has 0 spiro atoms. The van der Waals surface area contributed by atoms with Crippen LogP contribution < -0.4 is 10.5 Å². The third-order valence-corrected chi connectivity index (χ3v) is 2.43. The average molecular weight is 272 g/mol. The number of esters is 1. The molecular formula is C13H18ClNO3. The zero-order valence-corrected chi connectivity index (χ0v) is 11.3. The Hall–Kier alpha value is -1.52. The van der Waals surface area contributed by atoms with Crippen LogP contribution in [0.3, 0.4) is 0 Å². The number of hydrogen-bond acceptors (Lipinski definition) is 4. The van der Waals surface area contributed by atoms with Crippen molar-refractivity contribution in [3.8, 4) is 5.75 Å². The first-order valence-corrected chi connectivity index (χ1v) is 5.24. The van der Waals surface area contributed by atoms with Crippen molar-refractivity contribution < 1.29 is 14.3 Å². The van der Waals surface area contributed by atoms with E-state index in [9.17, 15) is 4.79 Å². The Kier molecular flexibility index (Phi) is 6.44. The van der Waals surface area contributed by atoms with Crippen LogP contribution in [0, 0.1) is 0 Å². The zero-order valence-electron chi connectivity index (χ0n) is 10.5. The normalized spacial score (nSPS) is 12.8. The zero-order chi connectivity index (χ0) is 12.9. The third-order valence-electron chi connectivity index (χ3n) is 2.43. The van der Waals surface area contributed by atoms with Gasteiger partial charge in [-0.2, -0.15) is 0 Å². The molecule has 0 saturated carbocycles. The van der Waals surface area contributed by atoms with Crippen molar-refractivity contribution in [3.63, 3.8) is 0 Å². The monoisotopic (exact) mass is 271 g/mol. The van der Waals surface area contributed by atoms with Gasteiger partial charge in [-0.1, -0.05) is 24.8 Å². The highest BCUT2D eigenvalue weighted by atomic mass is 35.5. The molecule has 1 rings (SSSR count). The van der Waals surface area contributed by atoms with Crippen molar-refractivity contribution in [2.24, 2.45) is 5.73 Å². The molecule has 0 unspecified atom stereocenters. The summed E-state index contributed by atoms with van der Waals surface area (Å²) in [5.74, 6) is 0.228. The van der Waals surface area contributed by atoms with Gasteiger partial charge < -0.3 is 15.2 Å². The van der Waals surface area contributed by atoms with Crippen LogP contribution in [0.4, 0.5) is 0 Å². The summed E-state index contributed by atoms with van der Waals surface area (Å²) in [5.41, 5.74) is 5.44. The molecule has 0 amide bonds. The van der Waals surface area contributed by atoms with Gasteiger partial charge in [-0.25, -0.2) is 4.79 Å². The summed E-state index contributed by atoms with van der Waals surface area (Å²) in [4.78, 5) is 11.5. The number of nitrogens with two attached hydrogens (primary N) is 1. The first kappa shape index (κ1) is 16.5. The Labute approximate surface area is 113 Å². The van der Waals surface area contributed by atoms with Gasteiger partial charge >= 0.3 is 5.97 Å². The maximum atomic E-state index is 11.5. The van der Waals surface area contributed by atoms with Crippen molar-refractivity contribution in [2.75, 3.05) is 13.7 Å². The van der Waals surface area contributed by atoms with Crippen LogP contribution in [0.2, 0.25) is 0 Å². The second-order valence-corrected chi connectivity index (χ2v) is 3.82. The minimum absolute atomic E-state index is 0. The number of carbonyl (C=O) groups excluding carboxylic acids is 1. The Bertz CT molecular complexity index is 401. The topological polar surface area (TPSA) is 61.5 Å². The third kappa shape index (κ3) is 3.75. The fraction of sp³-hybridized carbons (Fsp3) is 0.308. The Morgan fingerprint density at radius 1 is 1.44 bits per heavy atom. The lowest BCUT2D eigenvalue weighted by atomic mass is 9.93. The van der Waals surface area contributed by atoms with Gasteiger partial charge in [0.25, 0.3) is 0 Å². The molecule has 0 fully saturated rings. The van der Waals surface area contributed by atoms with Gasteiger partial charge in [0.05, 0.1) is 7.11 Å². The molecule has 18 heavy (non-hydrogen) atoms.